The van der Waals surface area contributed by atoms with E-state index < -0.39 is 6.10 Å². The summed E-state index contributed by atoms with van der Waals surface area (Å²) in [6.45, 7) is 12.5. The van der Waals surface area contributed by atoms with E-state index in [-0.39, 0.29) is 5.54 Å². The average Bonchev–Trinajstić information content (AvgIpc) is 2.42. The predicted molar refractivity (Wildman–Crippen MR) is 87.5 cm³/mol. The molecule has 0 bridgehead atoms. The number of aryl methyl sites for hydroxylation is 1. The molecular weight excluding hydrogens is 270 g/mol. The summed E-state index contributed by atoms with van der Waals surface area (Å²) >= 11 is 6.29. The van der Waals surface area contributed by atoms with Gasteiger partial charge >= 0.3 is 0 Å². The Hall–Kier alpha value is -0.570. The first-order valence-electron chi connectivity index (χ1n) is 7.57. The molecule has 2 atom stereocenters. The fourth-order valence-corrected chi connectivity index (χ4v) is 3.17. The zero-order chi connectivity index (χ0) is 15.3. The number of benzene rings is 1. The van der Waals surface area contributed by atoms with Gasteiger partial charge in [0.25, 0.3) is 0 Å². The Morgan fingerprint density at radius 3 is 2.30 bits per heavy atom. The molecule has 0 aliphatic carbocycles. The SMILES string of the molecule is CCN(CC)C(C)(CC)C(O)Cc1ccc(C)cc1Cl. The lowest BCUT2D eigenvalue weighted by atomic mass is 9.85. The Balaban J connectivity index is 2.94. The van der Waals surface area contributed by atoms with Crippen molar-refractivity contribution < 1.29 is 5.11 Å². The maximum absolute atomic E-state index is 10.7. The topological polar surface area (TPSA) is 23.5 Å². The molecule has 1 rings (SSSR count). The van der Waals surface area contributed by atoms with E-state index in [0.717, 1.165) is 35.7 Å². The molecule has 2 unspecified atom stereocenters. The molecule has 3 heteroatoms. The second-order valence-electron chi connectivity index (χ2n) is 5.70. The largest absolute Gasteiger partial charge is 0.391 e. The highest BCUT2D eigenvalue weighted by atomic mass is 35.5. The van der Waals surface area contributed by atoms with Crippen molar-refractivity contribution in [2.24, 2.45) is 0 Å². The highest BCUT2D eigenvalue weighted by molar-refractivity contribution is 6.31. The standard InChI is InChI=1S/C17H28ClNO/c1-6-17(5,19(7-2)8-3)16(20)12-14-10-9-13(4)11-15(14)18/h9-11,16,20H,6-8,12H2,1-5H3. The molecule has 114 valence electrons. The van der Waals surface area contributed by atoms with Crippen LogP contribution in [0.3, 0.4) is 0 Å². The smallest absolute Gasteiger partial charge is 0.0761 e. The minimum atomic E-state index is -0.424. The summed E-state index contributed by atoms with van der Waals surface area (Å²) in [6, 6.07) is 6.04. The number of likely N-dealkylation sites (N-methyl/N-ethyl adjacent to an activating group) is 1. The van der Waals surface area contributed by atoms with Gasteiger partial charge in [0.2, 0.25) is 0 Å². The Labute approximate surface area is 128 Å². The maximum Gasteiger partial charge on any atom is 0.0761 e. The number of hydrogen-bond donors (Lipinski definition) is 1. The van der Waals surface area contributed by atoms with Crippen LogP contribution in [-0.2, 0) is 6.42 Å². The van der Waals surface area contributed by atoms with Crippen molar-refractivity contribution in [3.63, 3.8) is 0 Å². The van der Waals surface area contributed by atoms with Gasteiger partial charge in [0.1, 0.15) is 0 Å². The number of halogens is 1. The van der Waals surface area contributed by atoms with E-state index in [1.165, 1.54) is 0 Å². The summed E-state index contributed by atoms with van der Waals surface area (Å²) in [5.74, 6) is 0. The number of aliphatic hydroxyl groups is 1. The molecule has 1 aromatic rings. The Kier molecular flexibility index (Phi) is 6.50. The van der Waals surface area contributed by atoms with Gasteiger partial charge in [0, 0.05) is 17.0 Å². The zero-order valence-corrected chi connectivity index (χ0v) is 14.2. The van der Waals surface area contributed by atoms with Crippen molar-refractivity contribution in [3.8, 4) is 0 Å². The second-order valence-corrected chi connectivity index (χ2v) is 6.11. The third kappa shape index (κ3) is 3.75. The molecule has 0 heterocycles. The fraction of sp³-hybridized carbons (Fsp3) is 0.647. The van der Waals surface area contributed by atoms with E-state index in [9.17, 15) is 5.11 Å². The minimum absolute atomic E-state index is 0.211. The lowest BCUT2D eigenvalue weighted by Gasteiger charge is -2.43. The predicted octanol–water partition coefficient (Wildman–Crippen LogP) is 4.06. The van der Waals surface area contributed by atoms with Gasteiger partial charge in [-0.1, -0.05) is 44.5 Å². The van der Waals surface area contributed by atoms with Gasteiger partial charge in [0.15, 0.2) is 0 Å². The van der Waals surface area contributed by atoms with Crippen LogP contribution in [0.5, 0.6) is 0 Å². The summed E-state index contributed by atoms with van der Waals surface area (Å²) < 4.78 is 0. The average molecular weight is 298 g/mol. The molecular formula is C17H28ClNO. The summed E-state index contributed by atoms with van der Waals surface area (Å²) in [5, 5.41) is 11.5. The molecule has 0 amide bonds. The fourth-order valence-electron chi connectivity index (χ4n) is 2.86. The Morgan fingerprint density at radius 2 is 1.85 bits per heavy atom. The van der Waals surface area contributed by atoms with Gasteiger partial charge in [-0.3, -0.25) is 4.90 Å². The summed E-state index contributed by atoms with van der Waals surface area (Å²) in [7, 11) is 0. The number of nitrogens with zero attached hydrogens (tertiary/aromatic N) is 1. The minimum Gasteiger partial charge on any atom is -0.391 e. The van der Waals surface area contributed by atoms with Crippen LogP contribution in [0, 0.1) is 6.92 Å². The number of aliphatic hydroxyl groups excluding tert-OH is 1. The molecule has 0 spiro atoms. The lowest BCUT2D eigenvalue weighted by molar-refractivity contribution is -0.0190. The zero-order valence-electron chi connectivity index (χ0n) is 13.4. The normalized spacial score (nSPS) is 16.2. The van der Waals surface area contributed by atoms with Crippen LogP contribution in [0.4, 0.5) is 0 Å². The van der Waals surface area contributed by atoms with Crippen LogP contribution >= 0.6 is 11.6 Å². The van der Waals surface area contributed by atoms with Gasteiger partial charge in [0.05, 0.1) is 6.10 Å². The first-order chi connectivity index (χ1) is 9.38. The first-order valence-corrected chi connectivity index (χ1v) is 7.94. The summed E-state index contributed by atoms with van der Waals surface area (Å²) in [4.78, 5) is 2.33. The quantitative estimate of drug-likeness (QED) is 0.820. The van der Waals surface area contributed by atoms with Crippen LogP contribution in [0.25, 0.3) is 0 Å². The van der Waals surface area contributed by atoms with Crippen molar-refractivity contribution in [3.05, 3.63) is 34.3 Å². The molecule has 1 N–H and O–H groups in total. The third-order valence-electron chi connectivity index (χ3n) is 4.54. The van der Waals surface area contributed by atoms with Crippen molar-refractivity contribution in [2.75, 3.05) is 13.1 Å². The molecule has 0 aromatic heterocycles. The van der Waals surface area contributed by atoms with Crippen LogP contribution in [0.2, 0.25) is 5.02 Å². The van der Waals surface area contributed by atoms with E-state index in [1.807, 2.05) is 19.1 Å². The van der Waals surface area contributed by atoms with Crippen molar-refractivity contribution in [1.29, 1.82) is 0 Å². The first kappa shape index (κ1) is 17.5. The molecule has 0 saturated carbocycles. The van der Waals surface area contributed by atoms with Gasteiger partial charge < -0.3 is 5.11 Å². The van der Waals surface area contributed by atoms with Crippen molar-refractivity contribution >= 4 is 11.6 Å². The molecule has 20 heavy (non-hydrogen) atoms. The van der Waals surface area contributed by atoms with Crippen molar-refractivity contribution in [2.45, 2.75) is 59.1 Å². The number of rotatable bonds is 7. The molecule has 0 aliphatic heterocycles. The van der Waals surface area contributed by atoms with E-state index in [4.69, 9.17) is 11.6 Å². The molecule has 0 aliphatic rings. The molecule has 0 saturated heterocycles. The Bertz CT molecular complexity index is 431. The van der Waals surface area contributed by atoms with E-state index in [2.05, 4.69) is 38.7 Å². The lowest BCUT2D eigenvalue weighted by Crippen LogP contribution is -2.54. The highest BCUT2D eigenvalue weighted by Crippen LogP contribution is 2.28. The van der Waals surface area contributed by atoms with Gasteiger partial charge in [-0.25, -0.2) is 0 Å². The highest BCUT2D eigenvalue weighted by Gasteiger charge is 2.36. The molecule has 0 radical (unpaired) electrons. The van der Waals surface area contributed by atoms with Gasteiger partial charge in [-0.15, -0.1) is 0 Å². The van der Waals surface area contributed by atoms with Crippen molar-refractivity contribution in [1.82, 2.24) is 4.90 Å². The second kappa shape index (κ2) is 7.44. The van der Waals surface area contributed by atoms with E-state index in [0.29, 0.717) is 6.42 Å². The Morgan fingerprint density at radius 1 is 1.25 bits per heavy atom. The third-order valence-corrected chi connectivity index (χ3v) is 4.89. The van der Waals surface area contributed by atoms with Crippen LogP contribution in [0.15, 0.2) is 18.2 Å². The summed E-state index contributed by atoms with van der Waals surface area (Å²) in [5.41, 5.74) is 1.96. The van der Waals surface area contributed by atoms with Gasteiger partial charge in [-0.05, 0) is 50.6 Å². The van der Waals surface area contributed by atoms with E-state index in [1.54, 1.807) is 0 Å². The molecule has 0 fully saturated rings. The van der Waals surface area contributed by atoms with Gasteiger partial charge in [-0.2, -0.15) is 0 Å². The molecule has 2 nitrogen and oxygen atoms in total. The number of hydrogen-bond acceptors (Lipinski definition) is 2. The molecule has 1 aromatic carbocycles. The monoisotopic (exact) mass is 297 g/mol. The maximum atomic E-state index is 10.7. The van der Waals surface area contributed by atoms with Crippen LogP contribution in [0.1, 0.15) is 45.2 Å². The van der Waals surface area contributed by atoms with Crippen LogP contribution in [-0.4, -0.2) is 34.7 Å². The van der Waals surface area contributed by atoms with Crippen LogP contribution < -0.4 is 0 Å². The van der Waals surface area contributed by atoms with E-state index >= 15 is 0 Å². The summed E-state index contributed by atoms with van der Waals surface area (Å²) in [6.07, 6.45) is 1.09.